The van der Waals surface area contributed by atoms with Gasteiger partial charge in [0.1, 0.15) is 5.82 Å². The number of benzene rings is 1. The topological polar surface area (TPSA) is 81.3 Å². The van der Waals surface area contributed by atoms with Gasteiger partial charge in [-0.05, 0) is 63.6 Å². The molecule has 1 aromatic carbocycles. The van der Waals surface area contributed by atoms with Gasteiger partial charge in [-0.25, -0.2) is 0 Å². The van der Waals surface area contributed by atoms with Gasteiger partial charge in [0.15, 0.2) is 5.78 Å². The van der Waals surface area contributed by atoms with Crippen LogP contribution in [-0.2, 0) is 4.79 Å². The van der Waals surface area contributed by atoms with Crippen LogP contribution in [0.5, 0.6) is 0 Å². The Labute approximate surface area is 194 Å². The molecule has 1 fully saturated rings. The number of aromatic nitrogens is 2. The van der Waals surface area contributed by atoms with Crippen molar-refractivity contribution >= 4 is 23.2 Å². The number of anilines is 3. The maximum Gasteiger partial charge on any atom is 0.258 e. The number of carbonyl (C=O) groups is 1. The van der Waals surface area contributed by atoms with E-state index < -0.39 is 0 Å². The minimum absolute atomic E-state index is 0.131. The van der Waals surface area contributed by atoms with Crippen LogP contribution in [0.25, 0.3) is 0 Å². The van der Waals surface area contributed by atoms with Crippen molar-refractivity contribution in [2.75, 3.05) is 41.3 Å². The Morgan fingerprint density at radius 2 is 1.73 bits per heavy atom. The van der Waals surface area contributed by atoms with Crippen LogP contribution >= 0.6 is 0 Å². The van der Waals surface area contributed by atoms with Crippen LogP contribution < -0.4 is 20.7 Å². The van der Waals surface area contributed by atoms with Gasteiger partial charge in [-0.1, -0.05) is 12.1 Å². The number of H-pyrrole nitrogens is 1. The van der Waals surface area contributed by atoms with Gasteiger partial charge < -0.3 is 15.1 Å². The number of nitrogens with one attached hydrogen (secondary N) is 2. The molecule has 33 heavy (non-hydrogen) atoms. The van der Waals surface area contributed by atoms with Gasteiger partial charge in [0.05, 0.1) is 5.56 Å². The minimum Gasteiger partial charge on any atom is -0.372 e. The molecule has 0 bridgehead atoms. The molecule has 3 aliphatic rings. The Bertz CT molecular complexity index is 1120. The SMILES string of the molecule is CCN(CC)c1ccc(C2C3=C(CCCC3=O)Nc3nc(N4CCCCC4)[nH]c(=O)c32)cc1. The molecule has 2 aliphatic heterocycles. The van der Waals surface area contributed by atoms with E-state index in [9.17, 15) is 9.59 Å². The monoisotopic (exact) mass is 447 g/mol. The Hall–Kier alpha value is -3.09. The van der Waals surface area contributed by atoms with Crippen molar-refractivity contribution < 1.29 is 4.79 Å². The van der Waals surface area contributed by atoms with Crippen molar-refractivity contribution in [1.29, 1.82) is 0 Å². The normalized spacial score (nSPS) is 20.2. The third-order valence-electron chi connectivity index (χ3n) is 7.26. The van der Waals surface area contributed by atoms with Crippen LogP contribution in [-0.4, -0.2) is 41.9 Å². The van der Waals surface area contributed by atoms with E-state index >= 15 is 0 Å². The van der Waals surface area contributed by atoms with Crippen LogP contribution in [0.1, 0.15) is 69.4 Å². The second-order valence-corrected chi connectivity index (χ2v) is 9.19. The molecule has 0 spiro atoms. The Kier molecular flexibility index (Phi) is 5.96. The molecule has 0 saturated carbocycles. The summed E-state index contributed by atoms with van der Waals surface area (Å²) in [4.78, 5) is 38.9. The Morgan fingerprint density at radius 1 is 1.00 bits per heavy atom. The molecule has 3 heterocycles. The highest BCUT2D eigenvalue weighted by molar-refractivity contribution is 6.00. The molecular weight excluding hydrogens is 414 g/mol. The van der Waals surface area contributed by atoms with E-state index in [1.54, 1.807) is 0 Å². The van der Waals surface area contributed by atoms with Gasteiger partial charge in [0.25, 0.3) is 5.56 Å². The number of hydrogen-bond acceptors (Lipinski definition) is 6. The van der Waals surface area contributed by atoms with Crippen molar-refractivity contribution in [3.63, 3.8) is 0 Å². The van der Waals surface area contributed by atoms with Crippen molar-refractivity contribution in [2.24, 2.45) is 0 Å². The van der Waals surface area contributed by atoms with E-state index in [1.165, 1.54) is 6.42 Å². The van der Waals surface area contributed by atoms with Crippen molar-refractivity contribution in [2.45, 2.75) is 58.3 Å². The summed E-state index contributed by atoms with van der Waals surface area (Å²) in [5, 5.41) is 3.39. The predicted octanol–water partition coefficient (Wildman–Crippen LogP) is 4.17. The second kappa shape index (κ2) is 9.04. The fourth-order valence-corrected chi connectivity index (χ4v) is 5.50. The summed E-state index contributed by atoms with van der Waals surface area (Å²) >= 11 is 0. The maximum absolute atomic E-state index is 13.5. The lowest BCUT2D eigenvalue weighted by Crippen LogP contribution is -2.36. The van der Waals surface area contributed by atoms with Crippen molar-refractivity contribution in [3.8, 4) is 0 Å². The van der Waals surface area contributed by atoms with E-state index in [1.807, 2.05) is 0 Å². The van der Waals surface area contributed by atoms with E-state index in [-0.39, 0.29) is 17.3 Å². The third-order valence-corrected chi connectivity index (χ3v) is 7.26. The molecule has 1 unspecified atom stereocenters. The average Bonchev–Trinajstić information content (AvgIpc) is 2.85. The van der Waals surface area contributed by atoms with Gasteiger partial charge in [-0.15, -0.1) is 0 Å². The summed E-state index contributed by atoms with van der Waals surface area (Å²) in [7, 11) is 0. The number of aromatic amines is 1. The summed E-state index contributed by atoms with van der Waals surface area (Å²) in [6.45, 7) is 7.97. The lowest BCUT2D eigenvalue weighted by molar-refractivity contribution is -0.116. The van der Waals surface area contributed by atoms with Crippen molar-refractivity contribution in [3.05, 3.63) is 57.0 Å². The molecule has 2 aromatic rings. The van der Waals surface area contributed by atoms with Gasteiger partial charge in [0.2, 0.25) is 5.95 Å². The number of hydrogen-bond donors (Lipinski definition) is 2. The first-order valence-corrected chi connectivity index (χ1v) is 12.4. The third kappa shape index (κ3) is 3.94. The zero-order valence-corrected chi connectivity index (χ0v) is 19.6. The molecule has 1 saturated heterocycles. The average molecular weight is 448 g/mol. The molecule has 0 amide bonds. The molecule has 5 rings (SSSR count). The van der Waals surface area contributed by atoms with Gasteiger partial charge >= 0.3 is 0 Å². The van der Waals surface area contributed by atoms with Crippen LogP contribution in [0.3, 0.4) is 0 Å². The fourth-order valence-electron chi connectivity index (χ4n) is 5.50. The van der Waals surface area contributed by atoms with Gasteiger partial charge in [-0.3, -0.25) is 14.6 Å². The van der Waals surface area contributed by atoms with Crippen LogP contribution in [0.15, 0.2) is 40.3 Å². The number of fused-ring (bicyclic) bond motifs is 1. The van der Waals surface area contributed by atoms with E-state index in [0.29, 0.717) is 23.8 Å². The second-order valence-electron chi connectivity index (χ2n) is 9.19. The molecule has 2 N–H and O–H groups in total. The Morgan fingerprint density at radius 3 is 2.42 bits per heavy atom. The first-order chi connectivity index (χ1) is 16.1. The number of allylic oxidation sites excluding steroid dienone is 2. The molecule has 1 aromatic heterocycles. The number of Topliss-reactive ketones (excluding diaryl/α,β-unsaturated/α-hetero) is 1. The number of nitrogens with zero attached hydrogens (tertiary/aromatic N) is 3. The summed E-state index contributed by atoms with van der Waals surface area (Å²) in [6, 6.07) is 8.33. The molecule has 174 valence electrons. The standard InChI is InChI=1S/C26H33N5O2/c1-3-30(4-2)18-13-11-17(12-14-18)21-22-19(9-8-10-20(22)32)27-24-23(21)25(33)29-26(28-24)31-15-6-5-7-16-31/h11-14,21H,3-10,15-16H2,1-2H3,(H2,27,28,29,33). The zero-order valence-electron chi connectivity index (χ0n) is 19.6. The summed E-state index contributed by atoms with van der Waals surface area (Å²) in [5.41, 5.74) is 4.18. The minimum atomic E-state index is -0.388. The zero-order chi connectivity index (χ0) is 22.9. The van der Waals surface area contributed by atoms with Gasteiger partial charge in [0, 0.05) is 55.5 Å². The lowest BCUT2D eigenvalue weighted by atomic mass is 9.76. The highest BCUT2D eigenvalue weighted by Gasteiger charge is 2.38. The first-order valence-electron chi connectivity index (χ1n) is 12.4. The number of piperidine rings is 1. The lowest BCUT2D eigenvalue weighted by Gasteiger charge is -2.34. The highest BCUT2D eigenvalue weighted by atomic mass is 16.1. The molecule has 1 aliphatic carbocycles. The Balaban J connectivity index is 1.61. The molecule has 7 nitrogen and oxygen atoms in total. The van der Waals surface area contributed by atoms with Crippen LogP contribution in [0.4, 0.5) is 17.5 Å². The highest BCUT2D eigenvalue weighted by Crippen LogP contribution is 2.43. The van der Waals surface area contributed by atoms with E-state index in [2.05, 4.69) is 58.2 Å². The number of carbonyl (C=O) groups excluding carboxylic acids is 1. The predicted molar refractivity (Wildman–Crippen MR) is 132 cm³/mol. The van der Waals surface area contributed by atoms with E-state index in [0.717, 1.165) is 74.4 Å². The van der Waals surface area contributed by atoms with Gasteiger partial charge in [-0.2, -0.15) is 4.98 Å². The maximum atomic E-state index is 13.5. The molecule has 1 atom stereocenters. The van der Waals surface area contributed by atoms with Crippen LogP contribution in [0.2, 0.25) is 0 Å². The van der Waals surface area contributed by atoms with Crippen LogP contribution in [0, 0.1) is 0 Å². The quantitative estimate of drug-likeness (QED) is 0.716. The first kappa shape index (κ1) is 21.7. The van der Waals surface area contributed by atoms with Crippen molar-refractivity contribution in [1.82, 2.24) is 9.97 Å². The smallest absolute Gasteiger partial charge is 0.258 e. The number of rotatable bonds is 5. The fraction of sp³-hybridized carbons (Fsp3) is 0.500. The summed E-state index contributed by atoms with van der Waals surface area (Å²) in [5.74, 6) is 0.978. The molecular formula is C26H33N5O2. The summed E-state index contributed by atoms with van der Waals surface area (Å²) in [6.07, 6.45) is 5.60. The van der Waals surface area contributed by atoms with E-state index in [4.69, 9.17) is 4.98 Å². The molecule has 7 heteroatoms. The molecule has 0 radical (unpaired) electrons. The number of ketones is 1. The largest absolute Gasteiger partial charge is 0.372 e. The summed E-state index contributed by atoms with van der Waals surface area (Å²) < 4.78 is 0.